The van der Waals surface area contributed by atoms with E-state index in [1.165, 1.54) is 24.9 Å². The van der Waals surface area contributed by atoms with Crippen LogP contribution in [0.4, 0.5) is 4.39 Å². The first-order chi connectivity index (χ1) is 15.0. The molecule has 0 bridgehead atoms. The maximum atomic E-state index is 13.5. The van der Waals surface area contributed by atoms with Crippen molar-refractivity contribution in [1.82, 2.24) is 5.32 Å². The summed E-state index contributed by atoms with van der Waals surface area (Å²) in [5.41, 5.74) is 1.28. The van der Waals surface area contributed by atoms with Gasteiger partial charge in [0, 0.05) is 45.8 Å². The van der Waals surface area contributed by atoms with Gasteiger partial charge in [0.15, 0.2) is 6.61 Å². The summed E-state index contributed by atoms with van der Waals surface area (Å²) in [5.74, 6) is 1.16. The van der Waals surface area contributed by atoms with E-state index in [4.69, 9.17) is 21.7 Å². The van der Waals surface area contributed by atoms with Gasteiger partial charge < -0.3 is 15.5 Å². The number of hydrogen-bond donors (Lipinski definition) is 2. The summed E-state index contributed by atoms with van der Waals surface area (Å²) >= 11 is 7.50. The van der Waals surface area contributed by atoms with Crippen LogP contribution in [-0.4, -0.2) is 36.8 Å². The molecule has 0 fully saturated rings. The van der Waals surface area contributed by atoms with Crippen LogP contribution in [-0.2, 0) is 4.79 Å². The fourth-order valence-electron chi connectivity index (χ4n) is 2.68. The number of amides is 1. The first-order valence-electron chi connectivity index (χ1n) is 10.1. The Hall–Kier alpha value is -2.31. The molecule has 0 aliphatic carbocycles. The summed E-state index contributed by atoms with van der Waals surface area (Å²) in [6, 6.07) is 11.2. The van der Waals surface area contributed by atoms with Crippen LogP contribution < -0.4 is 10.1 Å². The number of benzene rings is 2. The van der Waals surface area contributed by atoms with E-state index in [1.807, 2.05) is 38.1 Å². The number of fused-ring (bicyclic) bond motifs is 1. The highest BCUT2D eigenvalue weighted by atomic mass is 35.5. The minimum atomic E-state index is -0.292. The molecule has 0 unspecified atom stereocenters. The number of hydrogen-bond acceptors (Lipinski definition) is 4. The number of nitrogens with one attached hydrogen (secondary N) is 2. The molecule has 0 aliphatic rings. The van der Waals surface area contributed by atoms with Gasteiger partial charge in [-0.25, -0.2) is 4.39 Å². The van der Waals surface area contributed by atoms with Gasteiger partial charge in [-0.1, -0.05) is 55.8 Å². The fraction of sp³-hybridized carbons (Fsp3) is 0.333. The molecule has 0 spiro atoms. The molecule has 0 saturated heterocycles. The Balaban J connectivity index is 0.00000233. The maximum Gasteiger partial charge on any atom is 0.257 e. The van der Waals surface area contributed by atoms with Gasteiger partial charge in [0.05, 0.1) is 0 Å². The van der Waals surface area contributed by atoms with Crippen LogP contribution in [0.2, 0.25) is 0 Å². The average Bonchev–Trinajstić information content (AvgIpc) is 2.80. The van der Waals surface area contributed by atoms with Gasteiger partial charge in [0.2, 0.25) is 0 Å². The molecule has 4 nitrogen and oxygen atoms in total. The lowest BCUT2D eigenvalue weighted by molar-refractivity contribution is -0.122. The van der Waals surface area contributed by atoms with E-state index in [1.54, 1.807) is 25.1 Å². The van der Waals surface area contributed by atoms with Crippen molar-refractivity contribution in [3.05, 3.63) is 64.5 Å². The van der Waals surface area contributed by atoms with E-state index < -0.39 is 0 Å². The third-order valence-corrected chi connectivity index (χ3v) is 5.64. The predicted octanol–water partition coefficient (Wildman–Crippen LogP) is 6.48. The predicted molar refractivity (Wildman–Crippen MR) is 132 cm³/mol. The lowest BCUT2D eigenvalue weighted by Gasteiger charge is -2.11. The molecule has 0 atom stereocenters. The molecule has 0 aromatic heterocycles. The maximum absolute atomic E-state index is 13.5. The number of ether oxygens (including phenoxy) is 1. The highest BCUT2D eigenvalue weighted by Gasteiger charge is 2.09. The zero-order valence-corrected chi connectivity index (χ0v) is 20.0. The number of rotatable bonds is 10. The summed E-state index contributed by atoms with van der Waals surface area (Å²) in [4.78, 5) is 12.1. The Kier molecular flexibility index (Phi) is 12.6. The Bertz CT molecular complexity index is 940. The van der Waals surface area contributed by atoms with Crippen LogP contribution in [0.15, 0.2) is 58.9 Å². The Morgan fingerprint density at radius 1 is 1.23 bits per heavy atom. The van der Waals surface area contributed by atoms with Crippen molar-refractivity contribution < 1.29 is 13.9 Å². The Labute approximate surface area is 193 Å². The van der Waals surface area contributed by atoms with Crippen LogP contribution in [0.3, 0.4) is 0 Å². The normalized spacial score (nSPS) is 11.9. The van der Waals surface area contributed by atoms with Crippen LogP contribution in [0.5, 0.6) is 5.75 Å². The topological polar surface area (TPSA) is 62.2 Å². The zero-order valence-electron chi connectivity index (χ0n) is 18.4. The van der Waals surface area contributed by atoms with Gasteiger partial charge in [0.1, 0.15) is 11.6 Å². The van der Waals surface area contributed by atoms with E-state index >= 15 is 0 Å². The van der Waals surface area contributed by atoms with Crippen molar-refractivity contribution in [2.24, 2.45) is 0 Å². The first-order valence-corrected chi connectivity index (χ1v) is 11.7. The van der Waals surface area contributed by atoms with Crippen molar-refractivity contribution in [3.63, 3.8) is 0 Å². The Morgan fingerprint density at radius 3 is 2.52 bits per heavy atom. The van der Waals surface area contributed by atoms with Crippen molar-refractivity contribution in [1.29, 1.82) is 5.41 Å². The van der Waals surface area contributed by atoms with E-state index in [2.05, 4.69) is 5.32 Å². The van der Waals surface area contributed by atoms with Gasteiger partial charge in [-0.05, 0) is 31.4 Å². The zero-order chi connectivity index (χ0) is 23.2. The monoisotopic (exact) mass is 464 g/mol. The molecule has 2 aromatic carbocycles. The smallest absolute Gasteiger partial charge is 0.257 e. The average molecular weight is 465 g/mol. The number of thioether (sulfide) groups is 1. The largest absolute Gasteiger partial charge is 0.483 e. The molecule has 7 heteroatoms. The number of halogens is 2. The highest BCUT2D eigenvalue weighted by molar-refractivity contribution is 7.99. The van der Waals surface area contributed by atoms with Gasteiger partial charge in [0.25, 0.3) is 5.91 Å². The van der Waals surface area contributed by atoms with Gasteiger partial charge in [-0.3, -0.25) is 4.79 Å². The van der Waals surface area contributed by atoms with Crippen LogP contribution in [0, 0.1) is 5.41 Å². The molecule has 2 N–H and O–H groups in total. The lowest BCUT2D eigenvalue weighted by Crippen LogP contribution is -2.30. The van der Waals surface area contributed by atoms with Gasteiger partial charge in [-0.2, -0.15) is 11.8 Å². The molecule has 168 valence electrons. The molecule has 0 radical (unpaired) electrons. The standard InChI is InChI=1S/C22H24ClFN2O2S.C2H6/c1-3-20(23)19(15(2)24)14-29-11-10-26-22(27)13-28-21-9-8-16(12-25)17-6-4-5-7-18(17)21;1-2/h3-9,12,25H,10-11,13-14H2,1-2H3,(H,26,27);1-2H3/b19-15+,20-3+,25-12?;. The van der Waals surface area contributed by atoms with Crippen molar-refractivity contribution in [3.8, 4) is 5.75 Å². The summed E-state index contributed by atoms with van der Waals surface area (Å²) in [6.07, 6.45) is 2.96. The summed E-state index contributed by atoms with van der Waals surface area (Å²) in [6.45, 7) is 7.50. The second kappa shape index (κ2) is 14.7. The highest BCUT2D eigenvalue weighted by Crippen LogP contribution is 2.28. The van der Waals surface area contributed by atoms with Gasteiger partial charge >= 0.3 is 0 Å². The molecular formula is C24H30ClFN2O2S. The fourth-order valence-corrected chi connectivity index (χ4v) is 3.91. The quantitative estimate of drug-likeness (QED) is 0.240. The van der Waals surface area contributed by atoms with Crippen molar-refractivity contribution in [2.75, 3.05) is 24.7 Å². The molecule has 1 amide bonds. The molecular weight excluding hydrogens is 435 g/mol. The van der Waals surface area contributed by atoms with Crippen LogP contribution in [0.25, 0.3) is 10.8 Å². The summed E-state index contributed by atoms with van der Waals surface area (Å²) < 4.78 is 19.2. The first kappa shape index (κ1) is 26.7. The van der Waals surface area contributed by atoms with Gasteiger partial charge in [-0.15, -0.1) is 0 Å². The number of allylic oxidation sites excluding steroid dienone is 3. The minimum Gasteiger partial charge on any atom is -0.483 e. The molecule has 31 heavy (non-hydrogen) atoms. The Morgan fingerprint density at radius 2 is 1.90 bits per heavy atom. The van der Waals surface area contributed by atoms with E-state index in [0.29, 0.717) is 34.4 Å². The van der Waals surface area contributed by atoms with E-state index in [0.717, 1.165) is 16.3 Å². The number of carbonyl (C=O) groups is 1. The van der Waals surface area contributed by atoms with E-state index in [9.17, 15) is 9.18 Å². The number of carbonyl (C=O) groups excluding carboxylic acids is 1. The molecule has 2 aromatic rings. The van der Waals surface area contributed by atoms with E-state index in [-0.39, 0.29) is 18.3 Å². The third kappa shape index (κ3) is 8.38. The molecule has 2 rings (SSSR count). The molecule has 0 aliphatic heterocycles. The summed E-state index contributed by atoms with van der Waals surface area (Å²) in [7, 11) is 0. The van der Waals surface area contributed by atoms with Crippen LogP contribution >= 0.6 is 23.4 Å². The van der Waals surface area contributed by atoms with Crippen LogP contribution in [0.1, 0.15) is 33.3 Å². The third-order valence-electron chi connectivity index (χ3n) is 4.20. The minimum absolute atomic E-state index is 0.0995. The molecule has 0 saturated carbocycles. The second-order valence-electron chi connectivity index (χ2n) is 6.18. The SMILES string of the molecule is C/C=C(Cl)\C(CSCCNC(=O)COc1ccc(C=N)c2ccccc12)=C(/C)F.CC. The van der Waals surface area contributed by atoms with Crippen molar-refractivity contribution >= 4 is 46.3 Å². The lowest BCUT2D eigenvalue weighted by atomic mass is 10.0. The molecule has 0 heterocycles. The van der Waals surface area contributed by atoms with Crippen molar-refractivity contribution in [2.45, 2.75) is 27.7 Å². The summed E-state index contributed by atoms with van der Waals surface area (Å²) in [5, 5.41) is 12.5. The second-order valence-corrected chi connectivity index (χ2v) is 7.70.